The van der Waals surface area contributed by atoms with Crippen LogP contribution in [0.1, 0.15) is 20.7 Å². The Morgan fingerprint density at radius 2 is 1.38 bits per heavy atom. The van der Waals surface area contributed by atoms with Gasteiger partial charge in [0.25, 0.3) is 11.8 Å². The highest BCUT2D eigenvalue weighted by atomic mass is 36.2. The number of nitrogens with zero attached hydrogens (tertiary/aromatic N) is 1. The molecule has 0 unspecified atom stereocenters. The predicted molar refractivity (Wildman–Crippen MR) is 69.4 cm³/mol. The number of rotatable bonds is 1. The van der Waals surface area contributed by atoms with Crippen LogP contribution in [0, 0.1) is 0 Å². The molecule has 0 aliphatic carbocycles. The highest BCUT2D eigenvalue weighted by Gasteiger charge is 2.48. The molecule has 0 spiro atoms. The summed E-state index contributed by atoms with van der Waals surface area (Å²) < 4.78 is 0.765. The van der Waals surface area contributed by atoms with Gasteiger partial charge in [0, 0.05) is 6.26 Å². The van der Waals surface area contributed by atoms with Gasteiger partial charge in [-0.1, -0.05) is 12.1 Å². The predicted octanol–water partition coefficient (Wildman–Crippen LogP) is 3.36. The monoisotopic (exact) mass is 299 g/mol. The molecule has 0 atom stereocenters. The topological polar surface area (TPSA) is 37.4 Å². The summed E-state index contributed by atoms with van der Waals surface area (Å²) in [6.45, 7) is -3.97. The molecule has 1 aromatic carbocycles. The molecule has 16 heavy (non-hydrogen) atoms. The molecule has 0 aromatic heterocycles. The number of thiol groups is 1. The lowest BCUT2D eigenvalue weighted by Crippen LogP contribution is -2.32. The van der Waals surface area contributed by atoms with Crippen LogP contribution in [-0.4, -0.2) is 22.4 Å². The van der Waals surface area contributed by atoms with Crippen LogP contribution in [0.2, 0.25) is 0 Å². The van der Waals surface area contributed by atoms with Crippen molar-refractivity contribution in [2.24, 2.45) is 0 Å². The molecule has 0 saturated carbocycles. The molecule has 0 radical (unpaired) electrons. The van der Waals surface area contributed by atoms with Gasteiger partial charge in [0.15, 0.2) is 0 Å². The number of carbonyl (C=O) groups is 2. The van der Waals surface area contributed by atoms with Crippen LogP contribution in [0.3, 0.4) is 0 Å². The first-order chi connectivity index (χ1) is 7.18. The number of amides is 2. The summed E-state index contributed by atoms with van der Waals surface area (Å²) in [4.78, 5) is 23.9. The molecular formula is C9H8Cl3NO2S. The van der Waals surface area contributed by atoms with E-state index in [1.165, 1.54) is 6.26 Å². The van der Waals surface area contributed by atoms with E-state index in [1.807, 2.05) is 0 Å². The first-order valence-electron chi connectivity index (χ1n) is 4.34. The zero-order valence-corrected chi connectivity index (χ0v) is 11.3. The van der Waals surface area contributed by atoms with Gasteiger partial charge in [0.1, 0.15) is 0 Å². The van der Waals surface area contributed by atoms with Gasteiger partial charge in [-0.05, 0) is 51.2 Å². The average Bonchev–Trinajstić information content (AvgIpc) is 2.38. The van der Waals surface area contributed by atoms with E-state index in [0.717, 1.165) is 4.31 Å². The zero-order valence-electron chi connectivity index (χ0n) is 8.15. The third-order valence-corrected chi connectivity index (χ3v) is 4.78. The Morgan fingerprint density at radius 3 is 1.69 bits per heavy atom. The van der Waals surface area contributed by atoms with Crippen LogP contribution in [0.5, 0.6) is 0 Å². The van der Waals surface area contributed by atoms with Crippen LogP contribution >= 0.6 is 39.0 Å². The second-order valence-corrected chi connectivity index (χ2v) is 15.2. The Morgan fingerprint density at radius 1 is 1.00 bits per heavy atom. The van der Waals surface area contributed by atoms with Crippen molar-refractivity contribution in [1.29, 1.82) is 0 Å². The molecule has 2 rings (SSSR count). The fraction of sp³-hybridized carbons (Fsp3) is 0.111. The van der Waals surface area contributed by atoms with E-state index in [2.05, 4.69) is 0 Å². The van der Waals surface area contributed by atoms with E-state index in [1.54, 1.807) is 24.3 Å². The molecule has 7 heteroatoms. The van der Waals surface area contributed by atoms with Gasteiger partial charge < -0.3 is 0 Å². The SMILES string of the molecule is C[SH](Cl)(Cl)(Cl)N1C(=O)c2ccccc2C1=O. The molecular weight excluding hydrogens is 293 g/mol. The first kappa shape index (κ1) is 12.0. The van der Waals surface area contributed by atoms with Crippen molar-refractivity contribution in [3.05, 3.63) is 35.4 Å². The van der Waals surface area contributed by atoms with Crippen molar-refractivity contribution in [2.45, 2.75) is 0 Å². The summed E-state index contributed by atoms with van der Waals surface area (Å²) in [6.07, 6.45) is 1.30. The largest absolute Gasteiger partial charge is 0.271 e. The molecule has 0 bridgehead atoms. The smallest absolute Gasteiger partial charge is 0.268 e. The molecule has 1 aliphatic rings. The summed E-state index contributed by atoms with van der Waals surface area (Å²) in [5, 5.41) is 0. The third-order valence-electron chi connectivity index (χ3n) is 2.20. The van der Waals surface area contributed by atoms with E-state index in [9.17, 15) is 9.59 Å². The lowest BCUT2D eigenvalue weighted by Gasteiger charge is -2.45. The maximum Gasteiger partial charge on any atom is 0.271 e. The highest BCUT2D eigenvalue weighted by molar-refractivity contribution is 8.90. The second-order valence-electron chi connectivity index (χ2n) is 3.59. The van der Waals surface area contributed by atoms with Crippen LogP contribution in [-0.2, 0) is 0 Å². The van der Waals surface area contributed by atoms with E-state index in [-0.39, 0.29) is 11.1 Å². The van der Waals surface area contributed by atoms with Crippen molar-refractivity contribution >= 4 is 50.8 Å². The van der Waals surface area contributed by atoms with Gasteiger partial charge in [-0.15, -0.1) is 0 Å². The van der Waals surface area contributed by atoms with Crippen LogP contribution in [0.15, 0.2) is 24.3 Å². The Labute approximate surface area is 106 Å². The minimum atomic E-state index is -3.97. The van der Waals surface area contributed by atoms with Gasteiger partial charge in [-0.2, -0.15) is 0 Å². The highest BCUT2D eigenvalue weighted by Crippen LogP contribution is 2.83. The van der Waals surface area contributed by atoms with E-state index in [4.69, 9.17) is 32.0 Å². The molecule has 2 amide bonds. The van der Waals surface area contributed by atoms with Crippen molar-refractivity contribution < 1.29 is 9.59 Å². The molecule has 88 valence electrons. The number of hydrogen-bond acceptors (Lipinski definition) is 2. The first-order valence-corrected chi connectivity index (χ1v) is 9.69. The number of halogens is 3. The van der Waals surface area contributed by atoms with E-state index < -0.39 is 18.8 Å². The normalized spacial score (nSPS) is 18.2. The number of fused-ring (bicyclic) bond motifs is 1. The van der Waals surface area contributed by atoms with Crippen molar-refractivity contribution in [1.82, 2.24) is 4.31 Å². The number of hydrogen-bond donors (Lipinski definition) is 1. The minimum absolute atomic E-state index is 0.283. The lowest BCUT2D eigenvalue weighted by molar-refractivity contribution is 0.0774. The average molecular weight is 301 g/mol. The summed E-state index contributed by atoms with van der Waals surface area (Å²) in [5.41, 5.74) is 0.565. The molecule has 0 fully saturated rings. The van der Waals surface area contributed by atoms with E-state index in [0.29, 0.717) is 0 Å². The molecule has 0 N–H and O–H groups in total. The molecule has 1 aromatic rings. The van der Waals surface area contributed by atoms with Gasteiger partial charge in [-0.3, -0.25) is 9.59 Å². The Balaban J connectivity index is 2.60. The summed E-state index contributed by atoms with van der Waals surface area (Å²) >= 11 is 0. The fourth-order valence-electron chi connectivity index (χ4n) is 1.56. The Hall–Kier alpha value is -0.420. The summed E-state index contributed by atoms with van der Waals surface area (Å²) in [5.74, 6) is -1.08. The standard InChI is InChI=1S/C9H8Cl3NO2S/c1-16(10,11,12)13-8(14)6-4-2-3-5-7(6)9(13)15/h2-5,16H,1H3. The van der Waals surface area contributed by atoms with Crippen LogP contribution < -0.4 is 0 Å². The molecule has 1 aliphatic heterocycles. The lowest BCUT2D eigenvalue weighted by atomic mass is 10.1. The van der Waals surface area contributed by atoms with Gasteiger partial charge in [0.2, 0.25) is 0 Å². The van der Waals surface area contributed by atoms with Gasteiger partial charge in [0.05, 0.1) is 11.1 Å². The Kier molecular flexibility index (Phi) is 2.48. The molecule has 0 saturated heterocycles. The molecule has 3 nitrogen and oxygen atoms in total. The van der Waals surface area contributed by atoms with Crippen LogP contribution in [0.4, 0.5) is 0 Å². The minimum Gasteiger partial charge on any atom is -0.268 e. The quantitative estimate of drug-likeness (QED) is 0.638. The van der Waals surface area contributed by atoms with Crippen molar-refractivity contribution in [3.63, 3.8) is 0 Å². The number of imide groups is 1. The maximum absolute atomic E-state index is 11.9. The van der Waals surface area contributed by atoms with E-state index >= 15 is 0 Å². The van der Waals surface area contributed by atoms with Crippen molar-refractivity contribution in [2.75, 3.05) is 6.26 Å². The summed E-state index contributed by atoms with van der Waals surface area (Å²) in [7, 11) is 17.8. The maximum atomic E-state index is 11.9. The zero-order chi connectivity index (χ0) is 12.2. The van der Waals surface area contributed by atoms with Gasteiger partial charge in [-0.25, -0.2) is 4.31 Å². The third kappa shape index (κ3) is 1.80. The second kappa shape index (κ2) is 3.29. The summed E-state index contributed by atoms with van der Waals surface area (Å²) in [6, 6.07) is 6.41. The fourth-order valence-corrected chi connectivity index (χ4v) is 3.79. The van der Waals surface area contributed by atoms with Crippen LogP contribution in [0.25, 0.3) is 0 Å². The number of benzene rings is 1. The Bertz CT molecular complexity index is 465. The van der Waals surface area contributed by atoms with Crippen molar-refractivity contribution in [3.8, 4) is 0 Å². The van der Waals surface area contributed by atoms with Gasteiger partial charge >= 0.3 is 0 Å². The number of carbonyl (C=O) groups excluding carboxylic acids is 2. The molecule has 1 heterocycles.